The maximum atomic E-state index is 13.6. The van der Waals surface area contributed by atoms with Gasteiger partial charge in [-0.25, -0.2) is 15.0 Å². The summed E-state index contributed by atoms with van der Waals surface area (Å²) in [5, 5.41) is 8.63. The summed E-state index contributed by atoms with van der Waals surface area (Å²) < 4.78 is 40.7. The number of anilines is 2. The molecule has 1 saturated heterocycles. The molecule has 3 N–H and O–H groups in total. The van der Waals surface area contributed by atoms with Gasteiger partial charge in [-0.15, -0.1) is 0 Å². The van der Waals surface area contributed by atoms with Crippen LogP contribution in [0.25, 0.3) is 0 Å². The number of aryl methyl sites for hydroxylation is 1. The van der Waals surface area contributed by atoms with Gasteiger partial charge in [0.1, 0.15) is 13.0 Å². The molecule has 0 saturated carbocycles. The fourth-order valence-electron chi connectivity index (χ4n) is 4.25. The molecule has 0 spiro atoms. The van der Waals surface area contributed by atoms with Gasteiger partial charge in [-0.2, -0.15) is 13.2 Å². The van der Waals surface area contributed by atoms with Crippen LogP contribution in [0.15, 0.2) is 56.4 Å². The lowest BCUT2D eigenvalue weighted by Gasteiger charge is -2.18. The number of carbonyl (C=O) groups excluding carboxylic acids is 1. The molecular formula is C27H31F3N8O. The average Bonchev–Trinajstić information content (AvgIpc) is 3.42. The number of rotatable bonds is 8. The van der Waals surface area contributed by atoms with Crippen molar-refractivity contribution in [3.63, 3.8) is 0 Å². The van der Waals surface area contributed by atoms with Crippen molar-refractivity contribution in [3.05, 3.63) is 58.7 Å². The first kappa shape index (κ1) is 28.0. The lowest BCUT2D eigenvalue weighted by Crippen LogP contribution is -2.23. The highest BCUT2D eigenvalue weighted by atomic mass is 19.4. The van der Waals surface area contributed by atoms with Gasteiger partial charge in [-0.05, 0) is 74.3 Å². The summed E-state index contributed by atoms with van der Waals surface area (Å²) in [6.07, 6.45) is 0.582. The van der Waals surface area contributed by atoms with Crippen molar-refractivity contribution in [2.45, 2.75) is 32.5 Å². The zero-order valence-corrected chi connectivity index (χ0v) is 21.8. The summed E-state index contributed by atoms with van der Waals surface area (Å²) in [4.78, 5) is 31.8. The zero-order valence-electron chi connectivity index (χ0n) is 21.8. The van der Waals surface area contributed by atoms with Gasteiger partial charge >= 0.3 is 6.18 Å². The van der Waals surface area contributed by atoms with Crippen LogP contribution >= 0.6 is 0 Å². The van der Waals surface area contributed by atoms with Crippen LogP contribution < -0.4 is 16.0 Å². The Morgan fingerprint density at radius 3 is 2.64 bits per heavy atom. The molecule has 2 aliphatic heterocycles. The number of carbonyl (C=O) groups is 1. The highest BCUT2D eigenvalue weighted by Gasteiger charge is 2.31. The molecule has 2 aromatic carbocycles. The third kappa shape index (κ3) is 7.96. The Morgan fingerprint density at radius 2 is 1.95 bits per heavy atom. The van der Waals surface area contributed by atoms with E-state index in [9.17, 15) is 18.0 Å². The number of aliphatic imine (C=N–C) groups is 4. The predicted octanol–water partition coefficient (Wildman–Crippen LogP) is 4.36. The number of nitrogens with zero attached hydrogens (tertiary/aromatic N) is 5. The number of alkyl halides is 3. The second kappa shape index (κ2) is 12.7. The molecule has 0 aromatic heterocycles. The summed E-state index contributed by atoms with van der Waals surface area (Å²) in [6.45, 7) is 4.61. The van der Waals surface area contributed by atoms with E-state index >= 15 is 0 Å². The molecule has 206 valence electrons. The molecule has 2 aliphatic rings. The van der Waals surface area contributed by atoms with E-state index in [4.69, 9.17) is 0 Å². The van der Waals surface area contributed by atoms with Crippen LogP contribution in [-0.2, 0) is 12.7 Å². The van der Waals surface area contributed by atoms with E-state index in [0.29, 0.717) is 41.6 Å². The minimum absolute atomic E-state index is 0.111. The third-order valence-corrected chi connectivity index (χ3v) is 6.30. The Morgan fingerprint density at radius 1 is 1.15 bits per heavy atom. The van der Waals surface area contributed by atoms with Gasteiger partial charge in [-0.1, -0.05) is 6.07 Å². The standard InChI is InChI=1S/C27H31F3N8O/c1-18-5-6-20(11-24(18)36-17-32-16-35-23-13-33-26(31-2)34-14-23)25(39)37-22-10-19(15-38-7-3-4-8-38)9-21(12-22)27(28,29)30/h5-6,9-13,16,36H,3-4,7-8,14-15,17H2,1-2H3,(H,31,34)(H,37,39)/b32-16-,35-23-. The number of benzene rings is 2. The molecule has 4 rings (SSSR count). The van der Waals surface area contributed by atoms with E-state index < -0.39 is 17.6 Å². The van der Waals surface area contributed by atoms with E-state index in [1.54, 1.807) is 37.5 Å². The van der Waals surface area contributed by atoms with E-state index in [1.165, 1.54) is 6.34 Å². The predicted molar refractivity (Wildman–Crippen MR) is 149 cm³/mol. The van der Waals surface area contributed by atoms with Crippen molar-refractivity contribution in [1.29, 1.82) is 0 Å². The molecule has 0 aliphatic carbocycles. The molecule has 0 radical (unpaired) electrons. The summed E-state index contributed by atoms with van der Waals surface area (Å²) in [5.74, 6) is 0.0417. The lowest BCUT2D eigenvalue weighted by molar-refractivity contribution is -0.137. The van der Waals surface area contributed by atoms with Crippen LogP contribution in [0.2, 0.25) is 0 Å². The van der Waals surface area contributed by atoms with Gasteiger partial charge in [0.25, 0.3) is 5.91 Å². The maximum Gasteiger partial charge on any atom is 0.416 e. The molecule has 12 heteroatoms. The van der Waals surface area contributed by atoms with Crippen molar-refractivity contribution in [2.24, 2.45) is 20.0 Å². The highest BCUT2D eigenvalue weighted by molar-refractivity contribution is 6.35. The van der Waals surface area contributed by atoms with Crippen LogP contribution in [-0.4, -0.2) is 68.4 Å². The van der Waals surface area contributed by atoms with E-state index in [0.717, 1.165) is 43.6 Å². The van der Waals surface area contributed by atoms with Crippen molar-refractivity contribution >= 4 is 41.5 Å². The Hall–Kier alpha value is -4.06. The number of likely N-dealkylation sites (tertiary alicyclic amines) is 1. The van der Waals surface area contributed by atoms with Gasteiger partial charge in [0.2, 0.25) is 5.96 Å². The van der Waals surface area contributed by atoms with Crippen molar-refractivity contribution in [1.82, 2.24) is 10.2 Å². The average molecular weight is 541 g/mol. The van der Waals surface area contributed by atoms with Crippen LogP contribution in [0.1, 0.15) is 39.9 Å². The fraction of sp³-hybridized carbons (Fsp3) is 0.370. The van der Waals surface area contributed by atoms with E-state index in [1.807, 2.05) is 6.92 Å². The van der Waals surface area contributed by atoms with Crippen molar-refractivity contribution in [3.8, 4) is 0 Å². The number of amides is 1. The fourth-order valence-corrected chi connectivity index (χ4v) is 4.25. The molecule has 0 bridgehead atoms. The third-order valence-electron chi connectivity index (χ3n) is 6.30. The quantitative estimate of drug-likeness (QED) is 0.342. The normalized spacial score (nSPS) is 17.1. The SMILES string of the molecule is CNC1=NC/C(=N\C=N/CNc2cc(C(=O)Nc3cc(CN4CCCC4)cc(C(F)(F)F)c3)ccc2C)C=N1. The highest BCUT2D eigenvalue weighted by Crippen LogP contribution is 2.33. The van der Waals surface area contributed by atoms with Gasteiger partial charge in [-0.3, -0.25) is 14.7 Å². The minimum Gasteiger partial charge on any atom is -0.366 e. The Bertz CT molecular complexity index is 1310. The lowest BCUT2D eigenvalue weighted by atomic mass is 10.1. The number of hydrogen-bond acceptors (Lipinski definition) is 7. The maximum absolute atomic E-state index is 13.6. The largest absolute Gasteiger partial charge is 0.416 e. The zero-order chi connectivity index (χ0) is 27.8. The topological polar surface area (TPSA) is 106 Å². The summed E-state index contributed by atoms with van der Waals surface area (Å²) in [6, 6.07) is 8.77. The number of hydrogen-bond donors (Lipinski definition) is 3. The van der Waals surface area contributed by atoms with Crippen LogP contribution in [0.3, 0.4) is 0 Å². The summed E-state index contributed by atoms with van der Waals surface area (Å²) in [7, 11) is 1.74. The summed E-state index contributed by atoms with van der Waals surface area (Å²) >= 11 is 0. The number of nitrogens with one attached hydrogen (secondary N) is 3. The Kier molecular flexibility index (Phi) is 9.07. The molecule has 0 atom stereocenters. The van der Waals surface area contributed by atoms with Crippen LogP contribution in [0, 0.1) is 6.92 Å². The second-order valence-electron chi connectivity index (χ2n) is 9.28. The Labute approximate surface area is 225 Å². The smallest absolute Gasteiger partial charge is 0.366 e. The molecule has 9 nitrogen and oxygen atoms in total. The van der Waals surface area contributed by atoms with E-state index in [-0.39, 0.29) is 12.4 Å². The molecular weight excluding hydrogens is 509 g/mol. The molecule has 2 heterocycles. The first-order valence-electron chi connectivity index (χ1n) is 12.6. The van der Waals surface area contributed by atoms with Gasteiger partial charge in [0.15, 0.2) is 0 Å². The molecule has 2 aromatic rings. The van der Waals surface area contributed by atoms with Crippen LogP contribution in [0.5, 0.6) is 0 Å². The van der Waals surface area contributed by atoms with Gasteiger partial charge in [0.05, 0.1) is 24.0 Å². The minimum atomic E-state index is -4.51. The Balaban J connectivity index is 1.41. The number of guanidine groups is 1. The van der Waals surface area contributed by atoms with Crippen molar-refractivity contribution < 1.29 is 18.0 Å². The van der Waals surface area contributed by atoms with Crippen molar-refractivity contribution in [2.75, 3.05) is 44.0 Å². The van der Waals surface area contributed by atoms with E-state index in [2.05, 4.69) is 40.8 Å². The molecule has 39 heavy (non-hydrogen) atoms. The second-order valence-corrected chi connectivity index (χ2v) is 9.28. The van der Waals surface area contributed by atoms with Gasteiger partial charge < -0.3 is 16.0 Å². The van der Waals surface area contributed by atoms with Crippen LogP contribution in [0.4, 0.5) is 24.5 Å². The molecule has 0 unspecified atom stereocenters. The first-order valence-corrected chi connectivity index (χ1v) is 12.6. The molecule has 1 amide bonds. The molecule has 1 fully saturated rings. The van der Waals surface area contributed by atoms with Gasteiger partial charge in [0, 0.05) is 30.5 Å². The first-order chi connectivity index (χ1) is 18.7. The monoisotopic (exact) mass is 540 g/mol. The number of halogens is 3. The summed E-state index contributed by atoms with van der Waals surface area (Å²) in [5.41, 5.74) is 2.38.